The molecule has 0 aliphatic carbocycles. The van der Waals surface area contributed by atoms with Crippen LogP contribution in [0.4, 0.5) is 4.39 Å². The van der Waals surface area contributed by atoms with Gasteiger partial charge in [0.25, 0.3) is 0 Å². The van der Waals surface area contributed by atoms with Gasteiger partial charge in [0.2, 0.25) is 4.80 Å². The van der Waals surface area contributed by atoms with Crippen molar-refractivity contribution in [1.29, 1.82) is 0 Å². The van der Waals surface area contributed by atoms with Crippen LogP contribution in [0.15, 0.2) is 56.3 Å². The smallest absolute Gasteiger partial charge is 0.206 e. The van der Waals surface area contributed by atoms with Crippen molar-refractivity contribution in [3.8, 4) is 11.3 Å². The van der Waals surface area contributed by atoms with E-state index in [1.807, 2.05) is 24.4 Å². The lowest BCUT2D eigenvalue weighted by molar-refractivity contribution is 0.117. The average molecular weight is 385 g/mol. The first-order valence-corrected chi connectivity index (χ1v) is 9.76. The summed E-state index contributed by atoms with van der Waals surface area (Å²) in [6.07, 6.45) is 3.96. The summed E-state index contributed by atoms with van der Waals surface area (Å²) in [7, 11) is 0. The Hall–Kier alpha value is -2.51. The van der Waals surface area contributed by atoms with Crippen LogP contribution in [0.3, 0.4) is 0 Å². The summed E-state index contributed by atoms with van der Waals surface area (Å²) in [5, 5.41) is 6.55. The number of ether oxygens (including phenoxy) is 1. The molecule has 27 heavy (non-hydrogen) atoms. The minimum atomic E-state index is -0.265. The van der Waals surface area contributed by atoms with Gasteiger partial charge in [-0.2, -0.15) is 5.10 Å². The summed E-state index contributed by atoms with van der Waals surface area (Å²) >= 11 is 1.50. The van der Waals surface area contributed by atoms with Crippen LogP contribution in [-0.4, -0.2) is 30.1 Å². The van der Waals surface area contributed by atoms with E-state index >= 15 is 0 Å². The van der Waals surface area contributed by atoms with Gasteiger partial charge in [0.05, 0.1) is 24.6 Å². The zero-order chi connectivity index (χ0) is 18.6. The van der Waals surface area contributed by atoms with E-state index in [0.29, 0.717) is 12.3 Å². The van der Waals surface area contributed by atoms with Gasteiger partial charge >= 0.3 is 0 Å². The molecule has 3 heterocycles. The first-order valence-electron chi connectivity index (χ1n) is 8.88. The van der Waals surface area contributed by atoms with Crippen molar-refractivity contribution < 1.29 is 13.5 Å². The lowest BCUT2D eigenvalue weighted by Crippen LogP contribution is -2.17. The van der Waals surface area contributed by atoms with Crippen molar-refractivity contribution in [2.75, 3.05) is 13.2 Å². The van der Waals surface area contributed by atoms with Crippen LogP contribution in [0, 0.1) is 12.7 Å². The van der Waals surface area contributed by atoms with Crippen LogP contribution < -0.4 is 4.80 Å². The van der Waals surface area contributed by atoms with Gasteiger partial charge in [-0.05, 0) is 56.2 Å². The zero-order valence-corrected chi connectivity index (χ0v) is 15.8. The molecule has 1 fully saturated rings. The first kappa shape index (κ1) is 17.9. The highest BCUT2D eigenvalue weighted by Crippen LogP contribution is 2.21. The molecular formula is C20H20FN3O2S. The molecule has 4 rings (SSSR count). The number of aryl methyl sites for hydroxylation is 1. The third kappa shape index (κ3) is 4.26. The highest BCUT2D eigenvalue weighted by molar-refractivity contribution is 7.07. The molecule has 5 nitrogen and oxygen atoms in total. The Kier molecular flexibility index (Phi) is 5.31. The molecule has 1 saturated heterocycles. The molecule has 140 valence electrons. The van der Waals surface area contributed by atoms with Gasteiger partial charge in [0.1, 0.15) is 17.3 Å². The fourth-order valence-electron chi connectivity index (χ4n) is 2.94. The van der Waals surface area contributed by atoms with Crippen LogP contribution in [0.25, 0.3) is 11.3 Å². The van der Waals surface area contributed by atoms with E-state index in [2.05, 4.69) is 5.10 Å². The predicted octanol–water partition coefficient (Wildman–Crippen LogP) is 4.22. The van der Waals surface area contributed by atoms with Crippen molar-refractivity contribution in [2.45, 2.75) is 25.9 Å². The number of nitrogens with zero attached hydrogens (tertiary/aromatic N) is 3. The van der Waals surface area contributed by atoms with Gasteiger partial charge in [-0.1, -0.05) is 0 Å². The molecule has 2 aromatic heterocycles. The molecule has 1 atom stereocenters. The molecule has 0 unspecified atom stereocenters. The van der Waals surface area contributed by atoms with E-state index < -0.39 is 0 Å². The molecule has 0 N–H and O–H groups in total. The number of benzene rings is 1. The highest BCUT2D eigenvalue weighted by Gasteiger charge is 2.15. The van der Waals surface area contributed by atoms with E-state index in [1.54, 1.807) is 23.0 Å². The van der Waals surface area contributed by atoms with Gasteiger partial charge in [-0.25, -0.2) is 9.07 Å². The highest BCUT2D eigenvalue weighted by atomic mass is 32.1. The summed E-state index contributed by atoms with van der Waals surface area (Å²) in [6.45, 7) is 3.31. The van der Waals surface area contributed by atoms with Gasteiger partial charge in [-0.15, -0.1) is 11.3 Å². The molecule has 0 amide bonds. The second kappa shape index (κ2) is 8.02. The lowest BCUT2D eigenvalue weighted by atomic mass is 10.2. The molecule has 1 aromatic carbocycles. The monoisotopic (exact) mass is 385 g/mol. The summed E-state index contributed by atoms with van der Waals surface area (Å²) in [5.41, 5.74) is 1.73. The molecular weight excluding hydrogens is 365 g/mol. The first-order chi connectivity index (χ1) is 13.2. The number of thiazole rings is 1. The molecule has 0 bridgehead atoms. The second-order valence-electron chi connectivity index (χ2n) is 6.39. The Morgan fingerprint density at radius 3 is 2.81 bits per heavy atom. The minimum absolute atomic E-state index is 0.173. The molecule has 1 aliphatic rings. The van der Waals surface area contributed by atoms with E-state index in [1.165, 1.54) is 23.5 Å². The van der Waals surface area contributed by atoms with Crippen molar-refractivity contribution in [3.05, 3.63) is 63.9 Å². The van der Waals surface area contributed by atoms with Crippen molar-refractivity contribution in [3.63, 3.8) is 0 Å². The molecule has 1 aliphatic heterocycles. The van der Waals surface area contributed by atoms with Crippen molar-refractivity contribution in [2.24, 2.45) is 10.1 Å². The van der Waals surface area contributed by atoms with Crippen LogP contribution in [0.2, 0.25) is 0 Å². The largest absolute Gasteiger partial charge is 0.460 e. The summed E-state index contributed by atoms with van der Waals surface area (Å²) in [6, 6.07) is 10.1. The normalized spacial score (nSPS) is 18.0. The fourth-order valence-corrected chi connectivity index (χ4v) is 3.79. The summed E-state index contributed by atoms with van der Waals surface area (Å²) in [4.78, 5) is 5.48. The number of aromatic nitrogens is 1. The Labute approximate surface area is 160 Å². The van der Waals surface area contributed by atoms with Gasteiger partial charge in [0, 0.05) is 17.6 Å². The predicted molar refractivity (Wildman–Crippen MR) is 104 cm³/mol. The third-order valence-corrected chi connectivity index (χ3v) is 5.20. The molecule has 0 spiro atoms. The SMILES string of the molecule is Cc1ccc(/C=N\n2c(-c3ccc(F)cc3)csc2=NC[C@H]2CCCO2)o1. The van der Waals surface area contributed by atoms with Crippen LogP contribution in [-0.2, 0) is 4.74 Å². The number of halogens is 1. The molecule has 7 heteroatoms. The van der Waals surface area contributed by atoms with Crippen molar-refractivity contribution >= 4 is 17.6 Å². The third-order valence-electron chi connectivity index (χ3n) is 4.34. The Balaban J connectivity index is 1.71. The number of furan rings is 1. The zero-order valence-electron chi connectivity index (χ0n) is 15.0. The quantitative estimate of drug-likeness (QED) is 0.618. The lowest BCUT2D eigenvalue weighted by Gasteiger charge is -2.05. The second-order valence-corrected chi connectivity index (χ2v) is 7.23. The maximum absolute atomic E-state index is 13.3. The Bertz CT molecular complexity index is 995. The molecule has 0 radical (unpaired) electrons. The number of rotatable bonds is 5. The van der Waals surface area contributed by atoms with Gasteiger partial charge in [0.15, 0.2) is 0 Å². The molecule has 3 aromatic rings. The summed E-state index contributed by atoms with van der Waals surface area (Å²) in [5.74, 6) is 1.23. The van der Waals surface area contributed by atoms with E-state index in [4.69, 9.17) is 14.1 Å². The van der Waals surface area contributed by atoms with E-state index in [0.717, 1.165) is 41.3 Å². The van der Waals surface area contributed by atoms with Crippen LogP contribution in [0.1, 0.15) is 24.4 Å². The topological polar surface area (TPSA) is 52.0 Å². The maximum Gasteiger partial charge on any atom is 0.206 e. The van der Waals surface area contributed by atoms with E-state index in [9.17, 15) is 4.39 Å². The summed E-state index contributed by atoms with van der Waals surface area (Å²) < 4.78 is 26.3. The van der Waals surface area contributed by atoms with Gasteiger partial charge in [-0.3, -0.25) is 4.99 Å². The maximum atomic E-state index is 13.3. The molecule has 0 saturated carbocycles. The van der Waals surface area contributed by atoms with Crippen LogP contribution in [0.5, 0.6) is 0 Å². The fraction of sp³-hybridized carbons (Fsp3) is 0.300. The van der Waals surface area contributed by atoms with E-state index in [-0.39, 0.29) is 11.9 Å². The number of hydrogen-bond acceptors (Lipinski definition) is 5. The van der Waals surface area contributed by atoms with Crippen LogP contribution >= 0.6 is 11.3 Å². The van der Waals surface area contributed by atoms with Crippen molar-refractivity contribution in [1.82, 2.24) is 4.68 Å². The Morgan fingerprint density at radius 1 is 1.26 bits per heavy atom. The number of hydrogen-bond donors (Lipinski definition) is 0. The standard InChI is InChI=1S/C20H20FN3O2S/c1-14-4-9-18(26-14)12-23-24-19(15-5-7-16(21)8-6-15)13-27-20(24)22-11-17-3-2-10-25-17/h4-9,12-13,17H,2-3,10-11H2,1H3/b22-20?,23-12-/t17-/m1/s1. The Morgan fingerprint density at radius 2 is 2.11 bits per heavy atom. The minimum Gasteiger partial charge on any atom is -0.460 e. The van der Waals surface area contributed by atoms with Gasteiger partial charge < -0.3 is 9.15 Å². The average Bonchev–Trinajstić information content (AvgIpc) is 3.40.